The van der Waals surface area contributed by atoms with Crippen molar-refractivity contribution in [3.63, 3.8) is 0 Å². The summed E-state index contributed by atoms with van der Waals surface area (Å²) in [7, 11) is 0. The van der Waals surface area contributed by atoms with E-state index in [2.05, 4.69) is 44.9 Å². The lowest BCUT2D eigenvalue weighted by molar-refractivity contribution is 0.225. The monoisotopic (exact) mass is 268 g/mol. The minimum absolute atomic E-state index is 0.389. The van der Waals surface area contributed by atoms with Crippen molar-refractivity contribution in [3.8, 4) is 0 Å². The minimum Gasteiger partial charge on any atom is -0.498 e. The summed E-state index contributed by atoms with van der Waals surface area (Å²) in [6.07, 6.45) is 14.7. The topological polar surface area (TPSA) is 9.23 Å². The first-order valence-corrected chi connectivity index (χ1v) is 6.98. The summed E-state index contributed by atoms with van der Waals surface area (Å²) >= 11 is 0. The van der Waals surface area contributed by atoms with Gasteiger partial charge in [0, 0.05) is 12.3 Å². The molecule has 0 N–H and O–H groups in total. The van der Waals surface area contributed by atoms with E-state index in [9.17, 15) is 0 Å². The SMILES string of the molecule is C=C/C=C\C1=C[C@@H](C)C(/C=C\C=C)=C1CC(=C)OCC. The van der Waals surface area contributed by atoms with Crippen LogP contribution in [0.15, 0.2) is 84.7 Å². The Labute approximate surface area is 123 Å². The molecule has 0 radical (unpaired) electrons. The molecule has 20 heavy (non-hydrogen) atoms. The van der Waals surface area contributed by atoms with Gasteiger partial charge < -0.3 is 4.74 Å². The highest BCUT2D eigenvalue weighted by Gasteiger charge is 2.20. The zero-order valence-corrected chi connectivity index (χ0v) is 12.6. The van der Waals surface area contributed by atoms with Gasteiger partial charge in [0.15, 0.2) is 0 Å². The summed E-state index contributed by atoms with van der Waals surface area (Å²) in [6, 6.07) is 0. The standard InChI is InChI=1S/C19H24O/c1-6-9-11-17-13-15(4)18(12-10-7-2)19(17)14-16(5)20-8-3/h6-7,9-13,15H,1-2,5,8,14H2,3-4H3/b11-9-,12-10-/t15-/m1/s1. The largest absolute Gasteiger partial charge is 0.498 e. The van der Waals surface area contributed by atoms with Gasteiger partial charge in [0.2, 0.25) is 0 Å². The van der Waals surface area contributed by atoms with Crippen molar-refractivity contribution in [2.24, 2.45) is 5.92 Å². The quantitative estimate of drug-likeness (QED) is 0.429. The molecule has 0 amide bonds. The second kappa shape index (κ2) is 8.21. The minimum atomic E-state index is 0.389. The van der Waals surface area contributed by atoms with Gasteiger partial charge in [0.25, 0.3) is 0 Å². The van der Waals surface area contributed by atoms with E-state index < -0.39 is 0 Å². The average Bonchev–Trinajstić information content (AvgIpc) is 2.70. The van der Waals surface area contributed by atoms with Gasteiger partial charge in [-0.1, -0.05) is 69.2 Å². The van der Waals surface area contributed by atoms with Gasteiger partial charge in [-0.05, 0) is 23.6 Å². The molecule has 106 valence electrons. The van der Waals surface area contributed by atoms with Crippen molar-refractivity contribution >= 4 is 0 Å². The van der Waals surface area contributed by atoms with E-state index in [1.165, 1.54) is 16.7 Å². The highest BCUT2D eigenvalue weighted by atomic mass is 16.5. The third kappa shape index (κ3) is 4.27. The number of hydrogen-bond donors (Lipinski definition) is 0. The van der Waals surface area contributed by atoms with Crippen LogP contribution >= 0.6 is 0 Å². The predicted molar refractivity (Wildman–Crippen MR) is 88.3 cm³/mol. The molecule has 0 saturated carbocycles. The lowest BCUT2D eigenvalue weighted by Gasteiger charge is -2.12. The molecule has 0 aromatic carbocycles. The lowest BCUT2D eigenvalue weighted by atomic mass is 9.98. The van der Waals surface area contributed by atoms with Crippen LogP contribution in [0, 0.1) is 5.92 Å². The fourth-order valence-electron chi connectivity index (χ4n) is 2.31. The fraction of sp³-hybridized carbons (Fsp3) is 0.263. The van der Waals surface area contributed by atoms with E-state index in [0.717, 1.165) is 12.2 Å². The molecule has 0 heterocycles. The van der Waals surface area contributed by atoms with Gasteiger partial charge in [-0.3, -0.25) is 0 Å². The first-order valence-electron chi connectivity index (χ1n) is 6.98. The van der Waals surface area contributed by atoms with Crippen molar-refractivity contribution in [2.45, 2.75) is 20.3 Å². The zero-order chi connectivity index (χ0) is 15.0. The molecular formula is C19H24O. The maximum atomic E-state index is 5.50. The van der Waals surface area contributed by atoms with Gasteiger partial charge in [0.1, 0.15) is 0 Å². The second-order valence-electron chi connectivity index (χ2n) is 4.68. The first kappa shape index (κ1) is 16.0. The van der Waals surface area contributed by atoms with Crippen molar-refractivity contribution < 1.29 is 4.74 Å². The smallest absolute Gasteiger partial charge is 0.0932 e. The van der Waals surface area contributed by atoms with Gasteiger partial charge in [0.05, 0.1) is 12.4 Å². The van der Waals surface area contributed by atoms with Crippen LogP contribution in [0.25, 0.3) is 0 Å². The molecule has 0 aromatic heterocycles. The molecule has 0 fully saturated rings. The third-order valence-corrected chi connectivity index (χ3v) is 3.16. The van der Waals surface area contributed by atoms with Crippen LogP contribution in [0.2, 0.25) is 0 Å². The van der Waals surface area contributed by atoms with Crippen molar-refractivity contribution in [1.29, 1.82) is 0 Å². The molecule has 1 aliphatic rings. The number of hydrogen-bond acceptors (Lipinski definition) is 1. The number of allylic oxidation sites excluding steroid dienone is 10. The summed E-state index contributed by atoms with van der Waals surface area (Å²) in [5.74, 6) is 1.19. The molecule has 0 unspecified atom stereocenters. The zero-order valence-electron chi connectivity index (χ0n) is 12.6. The molecule has 0 spiro atoms. The summed E-state index contributed by atoms with van der Waals surface area (Å²) in [5.41, 5.74) is 3.79. The molecule has 0 aliphatic heterocycles. The van der Waals surface area contributed by atoms with Crippen LogP contribution in [-0.4, -0.2) is 6.61 Å². The summed E-state index contributed by atoms with van der Waals surface area (Å²) < 4.78 is 5.50. The van der Waals surface area contributed by atoms with Crippen LogP contribution in [0.1, 0.15) is 20.3 Å². The summed E-state index contributed by atoms with van der Waals surface area (Å²) in [5, 5.41) is 0. The maximum absolute atomic E-state index is 5.50. The number of ether oxygens (including phenoxy) is 1. The second-order valence-corrected chi connectivity index (χ2v) is 4.68. The van der Waals surface area contributed by atoms with E-state index in [0.29, 0.717) is 12.5 Å². The summed E-state index contributed by atoms with van der Waals surface area (Å²) in [4.78, 5) is 0. The van der Waals surface area contributed by atoms with Crippen LogP contribution < -0.4 is 0 Å². The van der Waals surface area contributed by atoms with Gasteiger partial charge >= 0.3 is 0 Å². The molecule has 1 nitrogen and oxygen atoms in total. The molecule has 0 aromatic rings. The molecule has 0 saturated heterocycles. The van der Waals surface area contributed by atoms with E-state index >= 15 is 0 Å². The number of rotatable bonds is 8. The van der Waals surface area contributed by atoms with Gasteiger partial charge in [-0.15, -0.1) is 0 Å². The molecule has 1 rings (SSSR count). The highest BCUT2D eigenvalue weighted by molar-refractivity contribution is 5.55. The van der Waals surface area contributed by atoms with E-state index in [-0.39, 0.29) is 0 Å². The Hall–Kier alpha value is -2.02. The van der Waals surface area contributed by atoms with Crippen LogP contribution in [-0.2, 0) is 4.74 Å². The van der Waals surface area contributed by atoms with Crippen molar-refractivity contribution in [1.82, 2.24) is 0 Å². The van der Waals surface area contributed by atoms with E-state index in [1.54, 1.807) is 12.2 Å². The van der Waals surface area contributed by atoms with Gasteiger partial charge in [-0.2, -0.15) is 0 Å². The average molecular weight is 268 g/mol. The van der Waals surface area contributed by atoms with Gasteiger partial charge in [-0.25, -0.2) is 0 Å². The molecular weight excluding hydrogens is 244 g/mol. The molecule has 1 heteroatoms. The Morgan fingerprint density at radius 2 is 1.90 bits per heavy atom. The Morgan fingerprint density at radius 1 is 1.25 bits per heavy atom. The van der Waals surface area contributed by atoms with Crippen molar-refractivity contribution in [3.05, 3.63) is 84.7 Å². The predicted octanol–water partition coefficient (Wildman–Crippen LogP) is 5.28. The Morgan fingerprint density at radius 3 is 2.50 bits per heavy atom. The summed E-state index contributed by atoms with van der Waals surface area (Å²) in [6.45, 7) is 16.3. The maximum Gasteiger partial charge on any atom is 0.0932 e. The Balaban J connectivity index is 3.09. The fourth-order valence-corrected chi connectivity index (χ4v) is 2.31. The first-order chi connectivity index (χ1) is 9.63. The van der Waals surface area contributed by atoms with Crippen LogP contribution in [0.5, 0.6) is 0 Å². The van der Waals surface area contributed by atoms with Crippen LogP contribution in [0.4, 0.5) is 0 Å². The van der Waals surface area contributed by atoms with E-state index in [1.807, 2.05) is 19.1 Å². The normalized spacial score (nSPS) is 18.7. The highest BCUT2D eigenvalue weighted by Crippen LogP contribution is 2.36. The van der Waals surface area contributed by atoms with E-state index in [4.69, 9.17) is 4.74 Å². The Bertz CT molecular complexity index is 498. The Kier molecular flexibility index (Phi) is 6.58. The molecule has 1 atom stereocenters. The molecule has 0 bridgehead atoms. The molecule has 1 aliphatic carbocycles. The van der Waals surface area contributed by atoms with Crippen LogP contribution in [0.3, 0.4) is 0 Å². The lowest BCUT2D eigenvalue weighted by Crippen LogP contribution is -1.96. The third-order valence-electron chi connectivity index (χ3n) is 3.16. The van der Waals surface area contributed by atoms with Crippen molar-refractivity contribution in [2.75, 3.05) is 6.61 Å².